The van der Waals surface area contributed by atoms with Crippen LogP contribution in [-0.2, 0) is 4.79 Å². The number of carbonyl (C=O) groups excluding carboxylic acids is 2. The van der Waals surface area contributed by atoms with E-state index in [-0.39, 0.29) is 18.3 Å². The van der Waals surface area contributed by atoms with Crippen molar-refractivity contribution in [1.29, 1.82) is 0 Å². The van der Waals surface area contributed by atoms with Crippen LogP contribution in [-0.4, -0.2) is 24.9 Å². The second-order valence-electron chi connectivity index (χ2n) is 6.85. The molecule has 3 rings (SSSR count). The molecule has 0 unspecified atom stereocenters. The molecule has 0 saturated carbocycles. The van der Waals surface area contributed by atoms with Crippen molar-refractivity contribution in [2.75, 3.05) is 18.5 Å². The summed E-state index contributed by atoms with van der Waals surface area (Å²) in [5.41, 5.74) is 1.92. The molecule has 1 aliphatic heterocycles. The maximum atomic E-state index is 12.4. The number of benzene rings is 2. The predicted octanol–water partition coefficient (Wildman–Crippen LogP) is 4.34. The highest BCUT2D eigenvalue weighted by Gasteiger charge is 2.17. The first-order valence-corrected chi connectivity index (χ1v) is 9.03. The highest BCUT2D eigenvalue weighted by Crippen LogP contribution is 2.28. The molecule has 140 valence electrons. The lowest BCUT2D eigenvalue weighted by molar-refractivity contribution is -0.118. The Morgan fingerprint density at radius 2 is 2.00 bits per heavy atom. The van der Waals surface area contributed by atoms with E-state index in [1.54, 1.807) is 24.3 Å². The zero-order chi connectivity index (χ0) is 19.2. The number of anilines is 1. The zero-order valence-corrected chi connectivity index (χ0v) is 15.5. The van der Waals surface area contributed by atoms with Crippen LogP contribution in [0.5, 0.6) is 11.5 Å². The van der Waals surface area contributed by atoms with Crippen molar-refractivity contribution in [3.8, 4) is 11.5 Å². The largest absolute Gasteiger partial charge is 0.494 e. The van der Waals surface area contributed by atoms with Crippen LogP contribution in [0.3, 0.4) is 0 Å². The minimum absolute atomic E-state index is 0.00260. The highest BCUT2D eigenvalue weighted by atomic mass is 16.5. The number of allylic oxidation sites excluding steroid dienone is 1. The van der Waals surface area contributed by atoms with Gasteiger partial charge in [-0.25, -0.2) is 0 Å². The first-order chi connectivity index (χ1) is 13.0. The lowest BCUT2D eigenvalue weighted by atomic mass is 10.1. The van der Waals surface area contributed by atoms with Gasteiger partial charge in [0.05, 0.1) is 12.3 Å². The van der Waals surface area contributed by atoms with Crippen LogP contribution < -0.4 is 14.8 Å². The van der Waals surface area contributed by atoms with E-state index in [1.807, 2.05) is 24.3 Å². The smallest absolute Gasteiger partial charge is 0.262 e. The van der Waals surface area contributed by atoms with E-state index in [4.69, 9.17) is 9.47 Å². The van der Waals surface area contributed by atoms with Gasteiger partial charge in [-0.3, -0.25) is 9.59 Å². The molecule has 1 amide bonds. The van der Waals surface area contributed by atoms with Gasteiger partial charge in [0.1, 0.15) is 11.5 Å². The van der Waals surface area contributed by atoms with Crippen molar-refractivity contribution in [2.24, 2.45) is 5.92 Å². The summed E-state index contributed by atoms with van der Waals surface area (Å²) in [6.07, 6.45) is 4.29. The van der Waals surface area contributed by atoms with Crippen LogP contribution in [0.1, 0.15) is 36.2 Å². The van der Waals surface area contributed by atoms with Gasteiger partial charge in [0, 0.05) is 5.56 Å². The highest BCUT2D eigenvalue weighted by molar-refractivity contribution is 6.08. The Labute approximate surface area is 159 Å². The van der Waals surface area contributed by atoms with E-state index < -0.39 is 0 Å². The van der Waals surface area contributed by atoms with Crippen LogP contribution in [0.25, 0.3) is 6.08 Å². The number of ketones is 1. The Morgan fingerprint density at radius 3 is 2.74 bits per heavy atom. The van der Waals surface area contributed by atoms with Gasteiger partial charge in [0.15, 0.2) is 12.4 Å². The Hall–Kier alpha value is -3.08. The molecule has 1 aliphatic rings. The van der Waals surface area contributed by atoms with E-state index in [0.717, 1.165) is 17.7 Å². The molecule has 0 saturated heterocycles. The topological polar surface area (TPSA) is 64.6 Å². The minimum Gasteiger partial charge on any atom is -0.494 e. The van der Waals surface area contributed by atoms with E-state index >= 15 is 0 Å². The van der Waals surface area contributed by atoms with Gasteiger partial charge in [-0.05, 0) is 54.3 Å². The summed E-state index contributed by atoms with van der Waals surface area (Å²) >= 11 is 0. The fourth-order valence-corrected chi connectivity index (χ4v) is 2.59. The molecule has 0 atom stereocenters. The van der Waals surface area contributed by atoms with Gasteiger partial charge in [-0.15, -0.1) is 0 Å². The molecule has 2 aromatic carbocycles. The lowest BCUT2D eigenvalue weighted by Gasteiger charge is -2.17. The molecule has 0 aromatic heterocycles. The van der Waals surface area contributed by atoms with Crippen LogP contribution >= 0.6 is 0 Å². The average molecular weight is 365 g/mol. The predicted molar refractivity (Wildman–Crippen MR) is 105 cm³/mol. The van der Waals surface area contributed by atoms with Gasteiger partial charge in [-0.1, -0.05) is 32.1 Å². The monoisotopic (exact) mass is 365 g/mol. The average Bonchev–Trinajstić information content (AvgIpc) is 2.66. The molecule has 27 heavy (non-hydrogen) atoms. The van der Waals surface area contributed by atoms with E-state index in [9.17, 15) is 9.59 Å². The first-order valence-electron chi connectivity index (χ1n) is 9.03. The summed E-state index contributed by atoms with van der Waals surface area (Å²) in [5, 5.41) is 2.70. The van der Waals surface area contributed by atoms with Crippen LogP contribution in [0, 0.1) is 5.92 Å². The fraction of sp³-hybridized carbons (Fsp3) is 0.273. The molecule has 0 radical (unpaired) electrons. The lowest BCUT2D eigenvalue weighted by Crippen LogP contribution is -2.25. The third-order valence-electron chi connectivity index (χ3n) is 4.17. The normalized spacial score (nSPS) is 13.2. The quantitative estimate of drug-likeness (QED) is 0.586. The van der Waals surface area contributed by atoms with Crippen molar-refractivity contribution in [1.82, 2.24) is 0 Å². The van der Waals surface area contributed by atoms with Crippen LogP contribution in [0.15, 0.2) is 48.5 Å². The Morgan fingerprint density at radius 1 is 1.22 bits per heavy atom. The number of ether oxygens (including phenoxy) is 2. The van der Waals surface area contributed by atoms with Crippen molar-refractivity contribution in [3.63, 3.8) is 0 Å². The van der Waals surface area contributed by atoms with E-state index in [2.05, 4.69) is 19.2 Å². The van der Waals surface area contributed by atoms with E-state index in [1.165, 1.54) is 6.08 Å². The molecule has 2 aromatic rings. The van der Waals surface area contributed by atoms with Gasteiger partial charge in [0.25, 0.3) is 5.91 Å². The molecule has 0 aliphatic carbocycles. The summed E-state index contributed by atoms with van der Waals surface area (Å²) < 4.78 is 11.0. The number of carbonyl (C=O) groups is 2. The molecule has 0 fully saturated rings. The summed E-state index contributed by atoms with van der Waals surface area (Å²) in [6, 6.07) is 12.6. The van der Waals surface area contributed by atoms with E-state index in [0.29, 0.717) is 29.5 Å². The third kappa shape index (κ3) is 5.20. The minimum atomic E-state index is -0.224. The SMILES string of the molecule is CC(C)CCOc1ccc(/C=C/C(=O)c2ccc3c(c2)NC(=O)CO3)cc1. The first kappa shape index (κ1) is 18.7. The van der Waals surface area contributed by atoms with Crippen molar-refractivity contribution in [2.45, 2.75) is 20.3 Å². The maximum Gasteiger partial charge on any atom is 0.262 e. The summed E-state index contributed by atoms with van der Waals surface area (Å²) in [7, 11) is 0. The molecule has 1 heterocycles. The second-order valence-corrected chi connectivity index (χ2v) is 6.85. The fourth-order valence-electron chi connectivity index (χ4n) is 2.59. The number of amides is 1. The number of fused-ring (bicyclic) bond motifs is 1. The molecule has 5 nitrogen and oxygen atoms in total. The molecule has 1 N–H and O–H groups in total. The second kappa shape index (κ2) is 8.54. The third-order valence-corrected chi connectivity index (χ3v) is 4.17. The summed E-state index contributed by atoms with van der Waals surface area (Å²) in [6.45, 7) is 5.02. The Bertz CT molecular complexity index is 853. The number of hydrogen-bond donors (Lipinski definition) is 1. The Kier molecular flexibility index (Phi) is 5.91. The van der Waals surface area contributed by atoms with Crippen molar-refractivity contribution in [3.05, 3.63) is 59.7 Å². The molecule has 0 spiro atoms. The van der Waals surface area contributed by atoms with Crippen LogP contribution in [0.2, 0.25) is 0 Å². The van der Waals surface area contributed by atoms with Crippen LogP contribution in [0.4, 0.5) is 5.69 Å². The summed E-state index contributed by atoms with van der Waals surface area (Å²) in [4.78, 5) is 23.8. The zero-order valence-electron chi connectivity index (χ0n) is 15.5. The molecule has 0 bridgehead atoms. The van der Waals surface area contributed by atoms with Crippen molar-refractivity contribution < 1.29 is 19.1 Å². The van der Waals surface area contributed by atoms with Gasteiger partial charge < -0.3 is 14.8 Å². The number of rotatable bonds is 7. The maximum absolute atomic E-state index is 12.4. The Balaban J connectivity index is 1.61. The van der Waals surface area contributed by atoms with Crippen molar-refractivity contribution >= 4 is 23.5 Å². The van der Waals surface area contributed by atoms with Gasteiger partial charge >= 0.3 is 0 Å². The molecule has 5 heteroatoms. The standard InChI is InChI=1S/C22H23NO4/c1-15(2)11-12-26-18-7-3-16(4-8-18)5-9-20(24)17-6-10-21-19(13-17)23-22(25)14-27-21/h3-10,13,15H,11-12,14H2,1-2H3,(H,23,25)/b9-5+. The number of hydrogen-bond acceptors (Lipinski definition) is 4. The molecular formula is C22H23NO4. The van der Waals surface area contributed by atoms with Gasteiger partial charge in [0.2, 0.25) is 0 Å². The van der Waals surface area contributed by atoms with Gasteiger partial charge in [-0.2, -0.15) is 0 Å². The summed E-state index contributed by atoms with van der Waals surface area (Å²) in [5.74, 6) is 1.64. The number of nitrogens with one attached hydrogen (secondary N) is 1. The molecular weight excluding hydrogens is 342 g/mol.